The van der Waals surface area contributed by atoms with Crippen molar-refractivity contribution >= 4 is 23.6 Å². The van der Waals surface area contributed by atoms with Gasteiger partial charge in [0.1, 0.15) is 6.61 Å². The SMILES string of the molecule is COc1cccc(C2NC(=O)NC(C(C)C)=C2C(=O)OC(C)C)c1OCc1ccccc1Cl. The fourth-order valence-electron chi connectivity index (χ4n) is 3.62. The molecule has 2 amide bonds. The number of methoxy groups -OCH3 is 1. The first-order chi connectivity index (χ1) is 15.7. The van der Waals surface area contributed by atoms with Gasteiger partial charge < -0.3 is 24.8 Å². The fraction of sp³-hybridized carbons (Fsp3) is 0.360. The number of urea groups is 1. The molecule has 0 aromatic heterocycles. The van der Waals surface area contributed by atoms with Crippen molar-refractivity contribution in [1.82, 2.24) is 10.6 Å². The van der Waals surface area contributed by atoms with Crippen LogP contribution in [0.1, 0.15) is 44.9 Å². The van der Waals surface area contributed by atoms with Crippen LogP contribution in [0, 0.1) is 5.92 Å². The van der Waals surface area contributed by atoms with Crippen LogP contribution in [-0.4, -0.2) is 25.2 Å². The van der Waals surface area contributed by atoms with Crippen molar-refractivity contribution in [2.24, 2.45) is 5.92 Å². The largest absolute Gasteiger partial charge is 0.493 e. The summed E-state index contributed by atoms with van der Waals surface area (Å²) in [5.41, 5.74) is 2.21. The van der Waals surface area contributed by atoms with Crippen LogP contribution in [0.25, 0.3) is 0 Å². The third kappa shape index (κ3) is 5.60. The van der Waals surface area contributed by atoms with Gasteiger partial charge in [0, 0.05) is 21.8 Å². The lowest BCUT2D eigenvalue weighted by Crippen LogP contribution is -2.47. The van der Waals surface area contributed by atoms with Crippen LogP contribution >= 0.6 is 11.6 Å². The lowest BCUT2D eigenvalue weighted by molar-refractivity contribution is -0.143. The Morgan fingerprint density at radius 2 is 1.82 bits per heavy atom. The van der Waals surface area contributed by atoms with Gasteiger partial charge in [0.25, 0.3) is 0 Å². The van der Waals surface area contributed by atoms with E-state index in [1.165, 1.54) is 7.11 Å². The molecule has 33 heavy (non-hydrogen) atoms. The molecule has 8 heteroatoms. The molecule has 0 aliphatic carbocycles. The highest BCUT2D eigenvalue weighted by Crippen LogP contribution is 2.40. The number of esters is 1. The molecule has 0 saturated heterocycles. The molecule has 0 fully saturated rings. The number of ether oxygens (including phenoxy) is 3. The van der Waals surface area contributed by atoms with Crippen LogP contribution < -0.4 is 20.1 Å². The first-order valence-corrected chi connectivity index (χ1v) is 11.2. The summed E-state index contributed by atoms with van der Waals surface area (Å²) < 4.78 is 17.2. The van der Waals surface area contributed by atoms with Crippen LogP contribution in [0.3, 0.4) is 0 Å². The Kier molecular flexibility index (Phi) is 7.87. The lowest BCUT2D eigenvalue weighted by atomic mass is 9.90. The van der Waals surface area contributed by atoms with Gasteiger partial charge in [0.2, 0.25) is 0 Å². The quantitative estimate of drug-likeness (QED) is 0.519. The summed E-state index contributed by atoms with van der Waals surface area (Å²) in [5, 5.41) is 6.20. The Hall–Kier alpha value is -3.19. The Labute approximate surface area is 199 Å². The average Bonchev–Trinajstić information content (AvgIpc) is 2.77. The first-order valence-electron chi connectivity index (χ1n) is 10.8. The first kappa shape index (κ1) is 24.5. The zero-order valence-electron chi connectivity index (χ0n) is 19.4. The second kappa shape index (κ2) is 10.6. The summed E-state index contributed by atoms with van der Waals surface area (Å²) in [5.74, 6) is 0.248. The maximum Gasteiger partial charge on any atom is 0.338 e. The highest BCUT2D eigenvalue weighted by atomic mass is 35.5. The van der Waals surface area contributed by atoms with Gasteiger partial charge in [-0.2, -0.15) is 0 Å². The van der Waals surface area contributed by atoms with E-state index in [9.17, 15) is 9.59 Å². The Bertz CT molecular complexity index is 1060. The Morgan fingerprint density at radius 3 is 2.45 bits per heavy atom. The number of halogens is 1. The minimum atomic E-state index is -0.793. The molecule has 0 radical (unpaired) electrons. The number of amides is 2. The molecule has 0 spiro atoms. The van der Waals surface area contributed by atoms with Crippen molar-refractivity contribution in [3.63, 3.8) is 0 Å². The zero-order valence-corrected chi connectivity index (χ0v) is 20.2. The second-order valence-corrected chi connectivity index (χ2v) is 8.63. The van der Waals surface area contributed by atoms with Crippen molar-refractivity contribution in [1.29, 1.82) is 0 Å². The molecule has 0 bridgehead atoms. The number of nitrogens with one attached hydrogen (secondary N) is 2. The molecule has 7 nitrogen and oxygen atoms in total. The molecule has 2 aromatic carbocycles. The monoisotopic (exact) mass is 472 g/mol. The van der Waals surface area contributed by atoms with Gasteiger partial charge in [-0.05, 0) is 31.9 Å². The van der Waals surface area contributed by atoms with Crippen LogP contribution in [0.15, 0.2) is 53.7 Å². The highest BCUT2D eigenvalue weighted by Gasteiger charge is 2.37. The molecular weight excluding hydrogens is 444 g/mol. The number of benzene rings is 2. The van der Waals surface area contributed by atoms with Gasteiger partial charge in [-0.25, -0.2) is 9.59 Å². The summed E-state index contributed by atoms with van der Waals surface area (Å²) >= 11 is 6.29. The minimum Gasteiger partial charge on any atom is -0.493 e. The predicted molar refractivity (Wildman–Crippen MR) is 126 cm³/mol. The number of carbonyl (C=O) groups is 2. The van der Waals surface area contributed by atoms with Gasteiger partial charge in [0.05, 0.1) is 24.8 Å². The summed E-state index contributed by atoms with van der Waals surface area (Å²) in [6, 6.07) is 11.5. The highest BCUT2D eigenvalue weighted by molar-refractivity contribution is 6.31. The summed E-state index contributed by atoms with van der Waals surface area (Å²) in [6.45, 7) is 7.54. The number of allylic oxidation sites excluding steroid dienone is 1. The fourth-order valence-corrected chi connectivity index (χ4v) is 3.81. The number of hydrogen-bond donors (Lipinski definition) is 2. The summed E-state index contributed by atoms with van der Waals surface area (Å²) in [6.07, 6.45) is -0.321. The zero-order chi connectivity index (χ0) is 24.1. The molecule has 3 rings (SSSR count). The molecule has 1 unspecified atom stereocenters. The maximum absolute atomic E-state index is 13.1. The minimum absolute atomic E-state index is 0.119. The molecular formula is C25H29ClN2O5. The van der Waals surface area contributed by atoms with Gasteiger partial charge >= 0.3 is 12.0 Å². The molecule has 1 heterocycles. The van der Waals surface area contributed by atoms with Crippen molar-refractivity contribution in [2.45, 2.75) is 46.4 Å². The molecule has 0 saturated carbocycles. The van der Waals surface area contributed by atoms with E-state index in [4.69, 9.17) is 25.8 Å². The van der Waals surface area contributed by atoms with Gasteiger partial charge in [-0.1, -0.05) is 55.8 Å². The number of para-hydroxylation sites is 1. The van der Waals surface area contributed by atoms with Crippen molar-refractivity contribution in [3.8, 4) is 11.5 Å². The topological polar surface area (TPSA) is 85.9 Å². The number of carbonyl (C=O) groups excluding carboxylic acids is 2. The average molecular weight is 473 g/mol. The smallest absolute Gasteiger partial charge is 0.338 e. The van der Waals surface area contributed by atoms with Crippen LogP contribution in [0.2, 0.25) is 5.02 Å². The van der Waals surface area contributed by atoms with E-state index >= 15 is 0 Å². The van der Waals surface area contributed by atoms with E-state index in [1.807, 2.05) is 32.0 Å². The Balaban J connectivity index is 2.10. The number of hydrogen-bond acceptors (Lipinski definition) is 5. The van der Waals surface area contributed by atoms with Crippen LogP contribution in [0.5, 0.6) is 11.5 Å². The Morgan fingerprint density at radius 1 is 1.09 bits per heavy atom. The summed E-state index contributed by atoms with van der Waals surface area (Å²) in [4.78, 5) is 25.7. The van der Waals surface area contributed by atoms with E-state index < -0.39 is 18.0 Å². The van der Waals surface area contributed by atoms with Crippen molar-refractivity contribution in [3.05, 3.63) is 69.9 Å². The van der Waals surface area contributed by atoms with Gasteiger partial charge in [0.15, 0.2) is 11.5 Å². The van der Waals surface area contributed by atoms with Gasteiger partial charge in [-0.3, -0.25) is 0 Å². The third-order valence-corrected chi connectivity index (χ3v) is 5.48. The molecule has 2 aromatic rings. The maximum atomic E-state index is 13.1. The van der Waals surface area contributed by atoms with E-state index in [2.05, 4.69) is 10.6 Å². The number of rotatable bonds is 8. The molecule has 176 valence electrons. The van der Waals surface area contributed by atoms with Crippen molar-refractivity contribution < 1.29 is 23.8 Å². The molecule has 1 aliphatic heterocycles. The van der Waals surface area contributed by atoms with E-state index in [-0.39, 0.29) is 18.6 Å². The van der Waals surface area contributed by atoms with E-state index in [0.717, 1.165) is 5.56 Å². The summed E-state index contributed by atoms with van der Waals surface area (Å²) in [7, 11) is 1.53. The third-order valence-electron chi connectivity index (χ3n) is 5.11. The lowest BCUT2D eigenvalue weighted by Gasteiger charge is -2.32. The second-order valence-electron chi connectivity index (χ2n) is 8.23. The normalized spacial score (nSPS) is 15.9. The van der Waals surface area contributed by atoms with Crippen molar-refractivity contribution in [2.75, 3.05) is 7.11 Å². The molecule has 1 aliphatic rings. The molecule has 1 atom stereocenters. The van der Waals surface area contributed by atoms with E-state index in [0.29, 0.717) is 33.4 Å². The standard InChI is InChI=1S/C25H29ClN2O5/c1-14(2)21-20(24(29)33-15(3)4)22(28-25(30)27-21)17-10-8-12-19(31-5)23(17)32-13-16-9-6-7-11-18(16)26/h6-12,14-15,22H,13H2,1-5H3,(H2,27,28,30). The van der Waals surface area contributed by atoms with Crippen LogP contribution in [0.4, 0.5) is 4.79 Å². The van der Waals surface area contributed by atoms with Crippen LogP contribution in [-0.2, 0) is 16.1 Å². The van der Waals surface area contributed by atoms with Gasteiger partial charge in [-0.15, -0.1) is 0 Å². The van der Waals surface area contributed by atoms with E-state index in [1.54, 1.807) is 38.1 Å². The predicted octanol–water partition coefficient (Wildman–Crippen LogP) is 5.14. The molecule has 2 N–H and O–H groups in total.